The molecule has 0 saturated carbocycles. The van der Waals surface area contributed by atoms with Gasteiger partial charge in [0, 0.05) is 18.7 Å². The Balaban J connectivity index is 0.000000335. The second-order valence-corrected chi connectivity index (χ2v) is 5.70. The van der Waals surface area contributed by atoms with Crippen LogP contribution in [0.1, 0.15) is 6.92 Å². The third-order valence-corrected chi connectivity index (χ3v) is 3.47. The number of benzene rings is 2. The minimum Gasteiger partial charge on any atom is -0.384 e. The maximum Gasteiger partial charge on any atom is 0.270 e. The van der Waals surface area contributed by atoms with Crippen LogP contribution < -0.4 is 10.5 Å². The van der Waals surface area contributed by atoms with Gasteiger partial charge in [0.1, 0.15) is 4.90 Å². The minimum absolute atomic E-state index is 0.260. The fourth-order valence-electron chi connectivity index (χ4n) is 1.58. The van der Waals surface area contributed by atoms with Gasteiger partial charge < -0.3 is 5.32 Å². The van der Waals surface area contributed by atoms with Crippen LogP contribution in [0.2, 0.25) is 0 Å². The average Bonchev–Trinajstić information content (AvgIpc) is 2.49. The molecule has 0 atom stereocenters. The molecule has 0 spiro atoms. The van der Waals surface area contributed by atoms with Crippen molar-refractivity contribution in [1.29, 1.82) is 0 Å². The largest absolute Gasteiger partial charge is 0.384 e. The zero-order valence-electron chi connectivity index (χ0n) is 12.0. The number of anilines is 1. The normalized spacial score (nSPS) is 10.3. The third kappa shape index (κ3) is 5.51. The third-order valence-electron chi connectivity index (χ3n) is 2.52. The lowest BCUT2D eigenvalue weighted by Crippen LogP contribution is -2.15. The molecule has 0 bridgehead atoms. The first kappa shape index (κ1) is 17.6. The zero-order valence-corrected chi connectivity index (χ0v) is 12.8. The van der Waals surface area contributed by atoms with Crippen LogP contribution in [0.5, 0.6) is 0 Å². The number of hydrogen-bond acceptors (Lipinski definition) is 5. The standard InChI is InChI=1S/C8H11N3O4S.C6H6/c1-2-10-7-4-3-6(11(12)13)5-8(7)16(9,14)15;1-2-4-6-5-3-1/h3-5,10H,2H2,1H3,(H2,9,14,15);1-6H. The quantitative estimate of drug-likeness (QED) is 0.662. The van der Waals surface area contributed by atoms with Gasteiger partial charge in [-0.3, -0.25) is 10.1 Å². The molecule has 0 radical (unpaired) electrons. The fourth-order valence-corrected chi connectivity index (χ4v) is 2.31. The number of nitro benzene ring substituents is 1. The van der Waals surface area contributed by atoms with E-state index in [1.165, 1.54) is 12.1 Å². The molecule has 0 amide bonds. The summed E-state index contributed by atoms with van der Waals surface area (Å²) in [6.07, 6.45) is 0. The molecule has 0 aliphatic carbocycles. The lowest BCUT2D eigenvalue weighted by Gasteiger charge is -2.08. The maximum absolute atomic E-state index is 11.2. The van der Waals surface area contributed by atoms with E-state index >= 15 is 0 Å². The van der Waals surface area contributed by atoms with Gasteiger partial charge in [-0.2, -0.15) is 0 Å². The van der Waals surface area contributed by atoms with Gasteiger partial charge in [0.15, 0.2) is 0 Å². The van der Waals surface area contributed by atoms with Crippen molar-refractivity contribution >= 4 is 21.4 Å². The van der Waals surface area contributed by atoms with Crippen molar-refractivity contribution in [2.24, 2.45) is 5.14 Å². The van der Waals surface area contributed by atoms with Gasteiger partial charge in [0.2, 0.25) is 10.0 Å². The molecule has 2 aromatic rings. The van der Waals surface area contributed by atoms with E-state index in [2.05, 4.69) is 5.32 Å². The molecule has 0 aromatic heterocycles. The Kier molecular flexibility index (Phi) is 6.48. The Morgan fingerprint density at radius 3 is 2.00 bits per heavy atom. The highest BCUT2D eigenvalue weighted by atomic mass is 32.2. The molecule has 0 aliphatic rings. The number of nitrogens with one attached hydrogen (secondary N) is 1. The summed E-state index contributed by atoms with van der Waals surface area (Å²) < 4.78 is 22.4. The molecule has 0 unspecified atom stereocenters. The van der Waals surface area contributed by atoms with Gasteiger partial charge in [-0.1, -0.05) is 36.4 Å². The van der Waals surface area contributed by atoms with Gasteiger partial charge in [0.25, 0.3) is 5.69 Å². The van der Waals surface area contributed by atoms with Crippen LogP contribution in [0.15, 0.2) is 59.5 Å². The van der Waals surface area contributed by atoms with Crippen molar-refractivity contribution in [2.45, 2.75) is 11.8 Å². The highest BCUT2D eigenvalue weighted by molar-refractivity contribution is 7.89. The van der Waals surface area contributed by atoms with Crippen LogP contribution in [0.3, 0.4) is 0 Å². The smallest absolute Gasteiger partial charge is 0.270 e. The van der Waals surface area contributed by atoms with E-state index in [9.17, 15) is 18.5 Å². The van der Waals surface area contributed by atoms with E-state index < -0.39 is 14.9 Å². The minimum atomic E-state index is -3.98. The number of non-ortho nitro benzene ring substituents is 1. The lowest BCUT2D eigenvalue weighted by atomic mass is 10.3. The summed E-state index contributed by atoms with van der Waals surface area (Å²) in [6, 6.07) is 15.5. The van der Waals surface area contributed by atoms with Crippen molar-refractivity contribution in [1.82, 2.24) is 0 Å². The Morgan fingerprint density at radius 1 is 1.14 bits per heavy atom. The number of nitro groups is 1. The Labute approximate surface area is 129 Å². The fraction of sp³-hybridized carbons (Fsp3) is 0.143. The van der Waals surface area contributed by atoms with Crippen LogP contribution in [0.4, 0.5) is 11.4 Å². The Morgan fingerprint density at radius 2 is 1.64 bits per heavy atom. The number of nitrogens with two attached hydrogens (primary N) is 1. The van der Waals surface area contributed by atoms with Crippen molar-refractivity contribution < 1.29 is 13.3 Å². The predicted octanol–water partition coefficient (Wildman–Crippen LogP) is 2.36. The lowest BCUT2D eigenvalue weighted by molar-refractivity contribution is -0.385. The molecular weight excluding hydrogens is 306 g/mol. The molecule has 22 heavy (non-hydrogen) atoms. The van der Waals surface area contributed by atoms with Crippen molar-refractivity contribution in [3.63, 3.8) is 0 Å². The Hall–Kier alpha value is -2.45. The van der Waals surface area contributed by atoms with Gasteiger partial charge in [-0.05, 0) is 13.0 Å². The summed E-state index contributed by atoms with van der Waals surface area (Å²) in [4.78, 5) is 9.55. The van der Waals surface area contributed by atoms with Gasteiger partial charge >= 0.3 is 0 Å². The highest BCUT2D eigenvalue weighted by Gasteiger charge is 2.18. The van der Waals surface area contributed by atoms with E-state index in [-0.39, 0.29) is 16.3 Å². The summed E-state index contributed by atoms with van der Waals surface area (Å²) in [5.74, 6) is 0. The van der Waals surface area contributed by atoms with Crippen molar-refractivity contribution in [3.05, 3.63) is 64.7 Å². The van der Waals surface area contributed by atoms with E-state index in [4.69, 9.17) is 5.14 Å². The van der Waals surface area contributed by atoms with E-state index in [1.807, 2.05) is 36.4 Å². The number of nitrogens with zero attached hydrogens (tertiary/aromatic N) is 1. The zero-order chi connectivity index (χ0) is 16.6. The van der Waals surface area contributed by atoms with Gasteiger partial charge in [0.05, 0.1) is 10.6 Å². The van der Waals surface area contributed by atoms with Gasteiger partial charge in [-0.25, -0.2) is 13.6 Å². The molecule has 8 heteroatoms. The summed E-state index contributed by atoms with van der Waals surface area (Å²) in [5, 5.41) is 18.2. The number of sulfonamides is 1. The first-order chi connectivity index (χ1) is 10.4. The topological polar surface area (TPSA) is 115 Å². The first-order valence-corrected chi connectivity index (χ1v) is 7.96. The SMILES string of the molecule is CCNc1ccc([N+](=O)[O-])cc1S(N)(=O)=O.c1ccccc1. The molecule has 118 valence electrons. The van der Waals surface area contributed by atoms with Crippen LogP contribution in [-0.2, 0) is 10.0 Å². The molecule has 2 aromatic carbocycles. The van der Waals surface area contributed by atoms with Crippen LogP contribution >= 0.6 is 0 Å². The number of rotatable bonds is 4. The number of hydrogen-bond donors (Lipinski definition) is 2. The van der Waals surface area contributed by atoms with Crippen molar-refractivity contribution in [3.8, 4) is 0 Å². The molecule has 0 aliphatic heterocycles. The summed E-state index contributed by atoms with van der Waals surface area (Å²) in [6.45, 7) is 2.26. The monoisotopic (exact) mass is 323 g/mol. The molecule has 3 N–H and O–H groups in total. The van der Waals surface area contributed by atoms with Crippen LogP contribution in [0, 0.1) is 10.1 Å². The molecule has 2 rings (SSSR count). The maximum atomic E-state index is 11.2. The number of primary sulfonamides is 1. The molecule has 0 fully saturated rings. The molecule has 0 heterocycles. The van der Waals surface area contributed by atoms with E-state index in [0.717, 1.165) is 6.07 Å². The average molecular weight is 323 g/mol. The summed E-state index contributed by atoms with van der Waals surface area (Å²) >= 11 is 0. The van der Waals surface area contributed by atoms with E-state index in [0.29, 0.717) is 6.54 Å². The summed E-state index contributed by atoms with van der Waals surface area (Å²) in [5.41, 5.74) is -0.0544. The molecule has 0 saturated heterocycles. The second kappa shape index (κ2) is 8.11. The second-order valence-electron chi connectivity index (χ2n) is 4.17. The van der Waals surface area contributed by atoms with Crippen molar-refractivity contribution in [2.75, 3.05) is 11.9 Å². The predicted molar refractivity (Wildman–Crippen MR) is 85.1 cm³/mol. The molecule has 7 nitrogen and oxygen atoms in total. The highest BCUT2D eigenvalue weighted by Crippen LogP contribution is 2.25. The molecular formula is C14H17N3O4S. The van der Waals surface area contributed by atoms with Crippen LogP contribution in [0.25, 0.3) is 0 Å². The van der Waals surface area contributed by atoms with E-state index in [1.54, 1.807) is 6.92 Å². The first-order valence-electron chi connectivity index (χ1n) is 6.41. The summed E-state index contributed by atoms with van der Waals surface area (Å²) in [7, 11) is -3.98. The Bertz CT molecular complexity index is 691. The van der Waals surface area contributed by atoms with Crippen LogP contribution in [-0.4, -0.2) is 19.9 Å². The van der Waals surface area contributed by atoms with Gasteiger partial charge in [-0.15, -0.1) is 0 Å².